The van der Waals surface area contributed by atoms with Crippen molar-refractivity contribution < 1.29 is 18.6 Å². The van der Waals surface area contributed by atoms with Crippen molar-refractivity contribution in [2.24, 2.45) is 5.41 Å². The third-order valence-electron chi connectivity index (χ3n) is 9.77. The van der Waals surface area contributed by atoms with Crippen molar-refractivity contribution in [2.45, 2.75) is 70.1 Å². The Balaban J connectivity index is 1.28. The Morgan fingerprint density at radius 2 is 1.49 bits per heavy atom. The monoisotopic (exact) mass is 759 g/mol. The van der Waals surface area contributed by atoms with Gasteiger partial charge in [-0.05, 0) is 53.9 Å². The van der Waals surface area contributed by atoms with Crippen LogP contribution >= 0.6 is 22.6 Å². The van der Waals surface area contributed by atoms with Gasteiger partial charge in [0.25, 0.3) is 8.32 Å². The van der Waals surface area contributed by atoms with Crippen LogP contribution in [0.1, 0.15) is 47.1 Å². The number of alkyl halides is 1. The fourth-order valence-corrected chi connectivity index (χ4v) is 13.3. The molecule has 1 saturated heterocycles. The Morgan fingerprint density at radius 1 is 0.872 bits per heavy atom. The van der Waals surface area contributed by atoms with Crippen LogP contribution in [0.15, 0.2) is 110 Å². The predicted molar refractivity (Wildman–Crippen MR) is 196 cm³/mol. The van der Waals surface area contributed by atoms with Crippen LogP contribution in [-0.4, -0.2) is 51.9 Å². The molecule has 1 aliphatic heterocycles. The van der Waals surface area contributed by atoms with Gasteiger partial charge < -0.3 is 23.2 Å². The Morgan fingerprint density at radius 3 is 2.09 bits per heavy atom. The summed E-state index contributed by atoms with van der Waals surface area (Å²) in [5.41, 5.74) is 0.518. The molecule has 0 radical (unpaired) electrons. The van der Waals surface area contributed by atoms with E-state index < -0.39 is 14.1 Å². The number of benzene rings is 3. The molecule has 0 bridgehead atoms. The highest BCUT2D eigenvalue weighted by molar-refractivity contribution is 14.1. The summed E-state index contributed by atoms with van der Waals surface area (Å²) in [6.07, 6.45) is 4.17. The van der Waals surface area contributed by atoms with E-state index in [-0.39, 0.29) is 28.7 Å². The summed E-state index contributed by atoms with van der Waals surface area (Å²) in [4.78, 5) is 9.25. The van der Waals surface area contributed by atoms with Crippen LogP contribution in [0.3, 0.4) is 0 Å². The molecular weight excluding hydrogens is 717 g/mol. The van der Waals surface area contributed by atoms with Crippen LogP contribution in [-0.2, 0) is 13.9 Å². The summed E-state index contributed by atoms with van der Waals surface area (Å²) in [5.74, 6) is 0.551. The zero-order valence-corrected chi connectivity index (χ0v) is 30.8. The van der Waals surface area contributed by atoms with Crippen molar-refractivity contribution >= 4 is 52.3 Å². The molecule has 1 aliphatic carbocycles. The van der Waals surface area contributed by atoms with Crippen LogP contribution < -0.4 is 15.1 Å². The molecule has 2 fully saturated rings. The first kappa shape index (κ1) is 32.5. The smallest absolute Gasteiger partial charge is 0.261 e. The summed E-state index contributed by atoms with van der Waals surface area (Å²) in [6.45, 7) is 11.6. The molecule has 4 atom stereocenters. The second kappa shape index (κ2) is 12.4. The zero-order chi connectivity index (χ0) is 32.9. The molecule has 1 saturated carbocycles. The lowest BCUT2D eigenvalue weighted by atomic mass is 9.87. The average Bonchev–Trinajstić information content (AvgIpc) is 3.73. The van der Waals surface area contributed by atoms with E-state index in [4.69, 9.17) is 23.6 Å². The Kier molecular flexibility index (Phi) is 8.57. The van der Waals surface area contributed by atoms with Crippen molar-refractivity contribution in [2.75, 3.05) is 11.0 Å². The summed E-state index contributed by atoms with van der Waals surface area (Å²) in [5, 5.41) is 3.28. The van der Waals surface area contributed by atoms with Gasteiger partial charge in [0.2, 0.25) is 5.88 Å². The van der Waals surface area contributed by atoms with Gasteiger partial charge in [0.1, 0.15) is 23.8 Å². The topological polar surface area (TPSA) is 67.6 Å². The van der Waals surface area contributed by atoms with Crippen LogP contribution in [0.5, 0.6) is 11.6 Å². The average molecular weight is 760 g/mol. The van der Waals surface area contributed by atoms with Gasteiger partial charge in [0.15, 0.2) is 5.79 Å². The minimum absolute atomic E-state index is 0.0173. The van der Waals surface area contributed by atoms with Gasteiger partial charge in [-0.15, -0.1) is 0 Å². The number of halogens is 1. The molecule has 5 aromatic rings. The van der Waals surface area contributed by atoms with E-state index in [1.54, 1.807) is 6.33 Å². The van der Waals surface area contributed by atoms with Crippen LogP contribution in [0.4, 0.5) is 0 Å². The second-order valence-electron chi connectivity index (χ2n) is 14.3. The normalized spacial score (nSPS) is 24.0. The van der Waals surface area contributed by atoms with Crippen LogP contribution in [0, 0.1) is 5.41 Å². The summed E-state index contributed by atoms with van der Waals surface area (Å²) in [7, 11) is -2.78. The van der Waals surface area contributed by atoms with Gasteiger partial charge in [0, 0.05) is 22.6 Å². The second-order valence-corrected chi connectivity index (χ2v) is 19.4. The molecule has 2 aliphatic rings. The van der Waals surface area contributed by atoms with Crippen molar-refractivity contribution in [1.29, 1.82) is 0 Å². The Bertz CT molecular complexity index is 1790. The van der Waals surface area contributed by atoms with E-state index in [9.17, 15) is 0 Å². The predicted octanol–water partition coefficient (Wildman–Crippen LogP) is 7.69. The van der Waals surface area contributed by atoms with Gasteiger partial charge in [0.05, 0.1) is 17.5 Å². The van der Waals surface area contributed by atoms with Crippen molar-refractivity contribution in [1.82, 2.24) is 14.5 Å². The highest BCUT2D eigenvalue weighted by Gasteiger charge is 2.63. The van der Waals surface area contributed by atoms with Gasteiger partial charge in [-0.3, -0.25) is 0 Å². The molecule has 7 rings (SSSR count). The van der Waals surface area contributed by atoms with E-state index in [1.807, 2.05) is 50.2 Å². The number of fused-ring (bicyclic) bond motifs is 2. The van der Waals surface area contributed by atoms with E-state index in [0.29, 0.717) is 12.5 Å². The first-order chi connectivity index (χ1) is 22.6. The molecule has 9 heteroatoms. The summed E-state index contributed by atoms with van der Waals surface area (Å²) < 4.78 is 30.5. The maximum Gasteiger partial charge on any atom is 0.261 e. The highest BCUT2D eigenvalue weighted by Crippen LogP contribution is 2.55. The molecule has 244 valence electrons. The lowest BCUT2D eigenvalue weighted by Crippen LogP contribution is -2.67. The maximum absolute atomic E-state index is 7.60. The number of para-hydroxylation sites is 1. The van der Waals surface area contributed by atoms with E-state index in [1.165, 1.54) is 10.4 Å². The quantitative estimate of drug-likeness (QED) is 0.0873. The number of ether oxygens (including phenoxy) is 3. The third-order valence-corrected chi connectivity index (χ3v) is 16.3. The third kappa shape index (κ3) is 5.73. The fraction of sp³-hybridized carbons (Fsp3) is 0.368. The fourth-order valence-electron chi connectivity index (χ4n) is 7.67. The lowest BCUT2D eigenvalue weighted by molar-refractivity contribution is -0.169. The molecule has 0 unspecified atom stereocenters. The molecular formula is C38H42IN3O4Si. The molecule has 3 heterocycles. The van der Waals surface area contributed by atoms with Crippen molar-refractivity contribution in [3.63, 3.8) is 0 Å². The molecule has 0 spiro atoms. The number of rotatable bonds is 9. The number of aromatic nitrogens is 3. The minimum Gasteiger partial charge on any atom is -0.438 e. The maximum atomic E-state index is 7.60. The largest absolute Gasteiger partial charge is 0.438 e. The Labute approximate surface area is 291 Å². The molecule has 0 N–H and O–H groups in total. The highest BCUT2D eigenvalue weighted by atomic mass is 127. The van der Waals surface area contributed by atoms with Gasteiger partial charge in [-0.25, -0.2) is 9.97 Å². The molecule has 0 amide bonds. The van der Waals surface area contributed by atoms with Crippen molar-refractivity contribution in [3.8, 4) is 11.6 Å². The van der Waals surface area contributed by atoms with Gasteiger partial charge in [-0.1, -0.05) is 122 Å². The molecule has 3 aromatic carbocycles. The van der Waals surface area contributed by atoms with Crippen LogP contribution in [0.25, 0.3) is 11.0 Å². The number of hydrogen-bond acceptors (Lipinski definition) is 6. The van der Waals surface area contributed by atoms with Gasteiger partial charge in [-0.2, -0.15) is 0 Å². The van der Waals surface area contributed by atoms with Crippen LogP contribution in [0.2, 0.25) is 5.04 Å². The van der Waals surface area contributed by atoms with Gasteiger partial charge >= 0.3 is 0 Å². The zero-order valence-electron chi connectivity index (χ0n) is 27.6. The Hall–Kier alpha value is -3.09. The number of nitrogens with zero attached hydrogens (tertiary/aromatic N) is 3. The summed E-state index contributed by atoms with van der Waals surface area (Å²) in [6, 6.07) is 33.5. The molecule has 7 nitrogen and oxygen atoms in total. The molecule has 47 heavy (non-hydrogen) atoms. The van der Waals surface area contributed by atoms with E-state index in [2.05, 4.69) is 120 Å². The number of hydrogen-bond donors (Lipinski definition) is 0. The first-order valence-electron chi connectivity index (χ1n) is 16.3. The first-order valence-corrected chi connectivity index (χ1v) is 19.7. The minimum atomic E-state index is -2.78. The van der Waals surface area contributed by atoms with E-state index >= 15 is 0 Å². The lowest BCUT2D eigenvalue weighted by Gasteiger charge is -2.45. The van der Waals surface area contributed by atoms with E-state index in [0.717, 1.165) is 27.6 Å². The SMILES string of the molecule is CC1(C)O[C@H]2[C@H](n3ccc4c(Oc5ccccc5)ncnc43)C[C@@](CI)(CO[Si](c3ccccc3)(c3ccccc3)C(C)(C)C)[C@H]2O1. The standard InChI is InChI=1S/C38H42IN3O4Si/c1-36(2,3)47(28-17-11-7-12-18-28,29-19-13-8-14-20-29)43-25-38(24-39)23-31(32-33(38)46-37(4,5)45-32)42-22-21-30-34(42)40-26-41-35(30)44-27-15-9-6-10-16-27/h6-22,26,31-33H,23-25H2,1-5H3/t31-,32+,33+,38-/m1/s1. The summed E-state index contributed by atoms with van der Waals surface area (Å²) >= 11 is 2.54. The molecule has 2 aromatic heterocycles. The van der Waals surface area contributed by atoms with Crippen molar-refractivity contribution in [3.05, 3.63) is 110 Å².